The van der Waals surface area contributed by atoms with Crippen LogP contribution in [0.3, 0.4) is 0 Å². The van der Waals surface area contributed by atoms with Gasteiger partial charge in [0.05, 0.1) is 20.2 Å². The first-order chi connectivity index (χ1) is 9.29. The van der Waals surface area contributed by atoms with Gasteiger partial charge >= 0.3 is 0 Å². The summed E-state index contributed by atoms with van der Waals surface area (Å²) in [5, 5.41) is 0. The van der Waals surface area contributed by atoms with Crippen molar-refractivity contribution in [3.05, 3.63) is 23.8 Å². The van der Waals surface area contributed by atoms with Crippen molar-refractivity contribution in [3.8, 4) is 11.5 Å². The van der Waals surface area contributed by atoms with Crippen LogP contribution in [-0.4, -0.2) is 33.4 Å². The molecule has 19 heavy (non-hydrogen) atoms. The van der Waals surface area contributed by atoms with Crippen LogP contribution in [0.15, 0.2) is 18.2 Å². The number of aryl methyl sites for hydroxylation is 1. The molecule has 1 saturated heterocycles. The van der Waals surface area contributed by atoms with Gasteiger partial charge in [-0.15, -0.1) is 0 Å². The van der Waals surface area contributed by atoms with Crippen LogP contribution in [0.4, 0.5) is 0 Å². The summed E-state index contributed by atoms with van der Waals surface area (Å²) in [5.41, 5.74) is 1.20. The molecule has 1 aliphatic heterocycles. The Kier molecular flexibility index (Phi) is 5.52. The van der Waals surface area contributed by atoms with Gasteiger partial charge in [0.2, 0.25) is 0 Å². The molecule has 3 heteroatoms. The molecule has 0 saturated carbocycles. The van der Waals surface area contributed by atoms with Crippen molar-refractivity contribution in [1.82, 2.24) is 0 Å². The predicted molar refractivity (Wildman–Crippen MR) is 77.3 cm³/mol. The van der Waals surface area contributed by atoms with Crippen LogP contribution in [0.25, 0.3) is 0 Å². The summed E-state index contributed by atoms with van der Waals surface area (Å²) in [6.45, 7) is 6.53. The summed E-state index contributed by atoms with van der Waals surface area (Å²) >= 11 is 0. The zero-order valence-electron chi connectivity index (χ0n) is 12.2. The number of likely N-dealkylation sites (tertiary alicyclic amines) is 1. The number of hydrogen-bond donors (Lipinski definition) is 1. The van der Waals surface area contributed by atoms with Gasteiger partial charge in [0, 0.05) is 0 Å². The molecule has 0 bridgehead atoms. The van der Waals surface area contributed by atoms with E-state index in [-0.39, 0.29) is 0 Å². The second-order valence-electron chi connectivity index (χ2n) is 5.42. The number of nitrogens with one attached hydrogen (secondary N) is 1. The summed E-state index contributed by atoms with van der Waals surface area (Å²) in [7, 11) is 1.70. The molecule has 0 aromatic heterocycles. The fraction of sp³-hybridized carbons (Fsp3) is 0.625. The molecule has 1 fully saturated rings. The SMILES string of the molecule is COc1cc(C)ccc1OCC[NH+]1CCCCCC1. The molecule has 106 valence electrons. The Morgan fingerprint density at radius 2 is 1.79 bits per heavy atom. The number of benzene rings is 1. The molecule has 0 atom stereocenters. The van der Waals surface area contributed by atoms with Gasteiger partial charge in [-0.1, -0.05) is 6.07 Å². The van der Waals surface area contributed by atoms with Gasteiger partial charge in [0.1, 0.15) is 13.2 Å². The summed E-state index contributed by atoms with van der Waals surface area (Å²) < 4.78 is 11.2. The van der Waals surface area contributed by atoms with E-state index in [1.807, 2.05) is 12.1 Å². The average molecular weight is 264 g/mol. The Bertz CT molecular complexity index is 384. The van der Waals surface area contributed by atoms with Gasteiger partial charge in [0.15, 0.2) is 11.5 Å². The third-order valence-electron chi connectivity index (χ3n) is 3.84. The number of methoxy groups -OCH3 is 1. The van der Waals surface area contributed by atoms with Gasteiger partial charge in [-0.2, -0.15) is 0 Å². The van der Waals surface area contributed by atoms with Crippen LogP contribution in [0.1, 0.15) is 31.2 Å². The molecule has 3 nitrogen and oxygen atoms in total. The minimum absolute atomic E-state index is 0.773. The fourth-order valence-electron chi connectivity index (χ4n) is 2.68. The first-order valence-electron chi connectivity index (χ1n) is 7.40. The fourth-order valence-corrected chi connectivity index (χ4v) is 2.68. The van der Waals surface area contributed by atoms with Gasteiger partial charge in [-0.3, -0.25) is 0 Å². The third-order valence-corrected chi connectivity index (χ3v) is 3.84. The van der Waals surface area contributed by atoms with Gasteiger partial charge < -0.3 is 14.4 Å². The van der Waals surface area contributed by atoms with Gasteiger partial charge in [-0.05, 0) is 50.3 Å². The molecule has 1 N–H and O–H groups in total. The monoisotopic (exact) mass is 264 g/mol. The zero-order chi connectivity index (χ0) is 13.5. The minimum Gasteiger partial charge on any atom is -0.493 e. The van der Waals surface area contributed by atoms with Crippen LogP contribution in [-0.2, 0) is 0 Å². The lowest BCUT2D eigenvalue weighted by Crippen LogP contribution is -3.12. The van der Waals surface area contributed by atoms with Crippen molar-refractivity contribution in [2.75, 3.05) is 33.4 Å². The Labute approximate surface area is 116 Å². The van der Waals surface area contributed by atoms with Crippen molar-refractivity contribution in [2.45, 2.75) is 32.6 Å². The summed E-state index contributed by atoms with van der Waals surface area (Å²) in [5.74, 6) is 1.70. The molecule has 0 aliphatic carbocycles. The molecule has 2 rings (SSSR count). The van der Waals surface area contributed by atoms with Crippen molar-refractivity contribution < 1.29 is 14.4 Å². The topological polar surface area (TPSA) is 22.9 Å². The van der Waals surface area contributed by atoms with Crippen molar-refractivity contribution in [1.29, 1.82) is 0 Å². The number of hydrogen-bond acceptors (Lipinski definition) is 2. The lowest BCUT2D eigenvalue weighted by atomic mass is 10.2. The lowest BCUT2D eigenvalue weighted by Gasteiger charge is -2.18. The van der Waals surface area contributed by atoms with E-state index in [0.717, 1.165) is 24.7 Å². The van der Waals surface area contributed by atoms with E-state index in [1.165, 1.54) is 44.3 Å². The quantitative estimate of drug-likeness (QED) is 0.877. The van der Waals surface area contributed by atoms with Crippen LogP contribution in [0, 0.1) is 6.92 Å². The van der Waals surface area contributed by atoms with E-state index in [0.29, 0.717) is 0 Å². The number of ether oxygens (including phenoxy) is 2. The highest BCUT2D eigenvalue weighted by Gasteiger charge is 2.12. The minimum atomic E-state index is 0.773. The summed E-state index contributed by atoms with van der Waals surface area (Å²) in [4.78, 5) is 1.68. The molecular weight excluding hydrogens is 238 g/mol. The average Bonchev–Trinajstić information content (AvgIpc) is 2.69. The van der Waals surface area contributed by atoms with Crippen molar-refractivity contribution in [3.63, 3.8) is 0 Å². The maximum absolute atomic E-state index is 5.88. The first kappa shape index (κ1) is 14.2. The van der Waals surface area contributed by atoms with E-state index in [4.69, 9.17) is 9.47 Å². The predicted octanol–water partition coefficient (Wildman–Crippen LogP) is 1.84. The lowest BCUT2D eigenvalue weighted by molar-refractivity contribution is -0.899. The number of quaternary nitrogens is 1. The molecule has 0 spiro atoms. The van der Waals surface area contributed by atoms with Crippen LogP contribution in [0.5, 0.6) is 11.5 Å². The first-order valence-corrected chi connectivity index (χ1v) is 7.40. The third kappa shape index (κ3) is 4.43. The standard InChI is InChI=1S/C16H25NO2/c1-14-7-8-15(16(13-14)18-2)19-12-11-17-9-5-3-4-6-10-17/h7-8,13H,3-6,9-12H2,1-2H3/p+1. The Hall–Kier alpha value is -1.22. The molecule has 1 aromatic rings. The van der Waals surface area contributed by atoms with Gasteiger partial charge in [0.25, 0.3) is 0 Å². The molecule has 0 amide bonds. The normalized spacial score (nSPS) is 16.9. The van der Waals surface area contributed by atoms with Crippen LogP contribution >= 0.6 is 0 Å². The Morgan fingerprint density at radius 1 is 1.05 bits per heavy atom. The second-order valence-corrected chi connectivity index (χ2v) is 5.42. The van der Waals surface area contributed by atoms with E-state index < -0.39 is 0 Å². The van der Waals surface area contributed by atoms with Crippen molar-refractivity contribution >= 4 is 0 Å². The molecular formula is C16H26NO2+. The summed E-state index contributed by atoms with van der Waals surface area (Å²) in [6.07, 6.45) is 5.53. The number of rotatable bonds is 5. The largest absolute Gasteiger partial charge is 0.493 e. The highest BCUT2D eigenvalue weighted by molar-refractivity contribution is 5.42. The molecule has 1 aliphatic rings. The Balaban J connectivity index is 1.81. The second kappa shape index (κ2) is 7.39. The smallest absolute Gasteiger partial charge is 0.161 e. The van der Waals surface area contributed by atoms with Crippen molar-refractivity contribution in [2.24, 2.45) is 0 Å². The Morgan fingerprint density at radius 3 is 2.47 bits per heavy atom. The summed E-state index contributed by atoms with van der Waals surface area (Å²) in [6, 6.07) is 6.09. The molecule has 1 heterocycles. The maximum Gasteiger partial charge on any atom is 0.161 e. The molecule has 1 aromatic carbocycles. The van der Waals surface area contributed by atoms with E-state index >= 15 is 0 Å². The highest BCUT2D eigenvalue weighted by atomic mass is 16.5. The van der Waals surface area contributed by atoms with Crippen LogP contribution in [0.2, 0.25) is 0 Å². The maximum atomic E-state index is 5.88. The van der Waals surface area contributed by atoms with Gasteiger partial charge in [-0.25, -0.2) is 0 Å². The highest BCUT2D eigenvalue weighted by Crippen LogP contribution is 2.27. The van der Waals surface area contributed by atoms with Crippen LogP contribution < -0.4 is 14.4 Å². The molecule has 0 radical (unpaired) electrons. The van der Waals surface area contributed by atoms with E-state index in [1.54, 1.807) is 12.0 Å². The zero-order valence-corrected chi connectivity index (χ0v) is 12.2. The van der Waals surface area contributed by atoms with E-state index in [2.05, 4.69) is 13.0 Å². The molecule has 0 unspecified atom stereocenters. The van der Waals surface area contributed by atoms with E-state index in [9.17, 15) is 0 Å².